The zero-order chi connectivity index (χ0) is 12.8. The zero-order valence-corrected chi connectivity index (χ0v) is 12.0. The Bertz CT molecular complexity index is 345. The molecule has 1 aromatic rings. The number of nitrogens with one attached hydrogen (secondary N) is 1. The molecule has 18 heavy (non-hydrogen) atoms. The molecule has 2 atom stereocenters. The molecule has 0 radical (unpaired) electrons. The summed E-state index contributed by atoms with van der Waals surface area (Å²) in [5, 5.41) is 6.87. The van der Waals surface area contributed by atoms with E-state index >= 15 is 0 Å². The van der Waals surface area contributed by atoms with Gasteiger partial charge >= 0.3 is 0 Å². The minimum Gasteiger partial charge on any atom is -0.383 e. The number of thiazole rings is 1. The summed E-state index contributed by atoms with van der Waals surface area (Å²) in [6.45, 7) is 1.58. The molecule has 1 heterocycles. The summed E-state index contributed by atoms with van der Waals surface area (Å²) in [7, 11) is 3.54. The number of rotatable bonds is 6. The van der Waals surface area contributed by atoms with E-state index in [9.17, 15) is 0 Å². The molecule has 0 aliphatic heterocycles. The van der Waals surface area contributed by atoms with E-state index in [0.29, 0.717) is 6.10 Å². The average Bonchev–Trinajstić information content (AvgIpc) is 2.94. The molecule has 1 saturated carbocycles. The SMILES string of the molecule is COCCNC1(c2nccs2)CCCC(OC)C1. The number of hydrogen-bond donors (Lipinski definition) is 1. The third-order valence-corrected chi connectivity index (χ3v) is 4.63. The van der Waals surface area contributed by atoms with Gasteiger partial charge in [0, 0.05) is 32.3 Å². The Labute approximate surface area is 113 Å². The van der Waals surface area contributed by atoms with Crippen LogP contribution in [0.25, 0.3) is 0 Å². The fourth-order valence-corrected chi connectivity index (χ4v) is 3.56. The Kier molecular flexibility index (Phi) is 5.12. The maximum atomic E-state index is 5.56. The van der Waals surface area contributed by atoms with Crippen LogP contribution < -0.4 is 5.32 Å². The smallest absolute Gasteiger partial charge is 0.113 e. The first-order valence-corrected chi connectivity index (χ1v) is 7.35. The Morgan fingerprint density at radius 1 is 1.56 bits per heavy atom. The molecule has 1 fully saturated rings. The predicted molar refractivity (Wildman–Crippen MR) is 72.9 cm³/mol. The quantitative estimate of drug-likeness (QED) is 0.805. The van der Waals surface area contributed by atoms with Gasteiger partial charge in [0.2, 0.25) is 0 Å². The van der Waals surface area contributed by atoms with Crippen LogP contribution in [0, 0.1) is 0 Å². The summed E-state index contributed by atoms with van der Waals surface area (Å²) < 4.78 is 10.7. The number of ether oxygens (including phenoxy) is 2. The predicted octanol–water partition coefficient (Wildman–Crippen LogP) is 2.16. The molecule has 102 valence electrons. The molecule has 1 aromatic heterocycles. The van der Waals surface area contributed by atoms with Crippen LogP contribution in [0.15, 0.2) is 11.6 Å². The zero-order valence-electron chi connectivity index (χ0n) is 11.1. The Hall–Kier alpha value is -0.490. The maximum absolute atomic E-state index is 5.56. The molecule has 0 spiro atoms. The van der Waals surface area contributed by atoms with Gasteiger partial charge in [0.15, 0.2) is 0 Å². The summed E-state index contributed by atoms with van der Waals surface area (Å²) in [5.41, 5.74) is -0.0222. The lowest BCUT2D eigenvalue weighted by atomic mass is 9.80. The molecular weight excluding hydrogens is 248 g/mol. The van der Waals surface area contributed by atoms with Crippen molar-refractivity contribution in [1.82, 2.24) is 10.3 Å². The van der Waals surface area contributed by atoms with Crippen LogP contribution in [0.4, 0.5) is 0 Å². The highest BCUT2D eigenvalue weighted by molar-refractivity contribution is 7.09. The van der Waals surface area contributed by atoms with Crippen LogP contribution in [0.1, 0.15) is 30.7 Å². The van der Waals surface area contributed by atoms with Crippen molar-refractivity contribution < 1.29 is 9.47 Å². The number of hydrogen-bond acceptors (Lipinski definition) is 5. The van der Waals surface area contributed by atoms with Crippen molar-refractivity contribution in [3.63, 3.8) is 0 Å². The first kappa shape index (κ1) is 13.9. The fourth-order valence-electron chi connectivity index (χ4n) is 2.71. The summed E-state index contributed by atoms with van der Waals surface area (Å²) in [6.07, 6.45) is 6.67. The van der Waals surface area contributed by atoms with Gasteiger partial charge in [-0.05, 0) is 25.7 Å². The van der Waals surface area contributed by atoms with Gasteiger partial charge in [-0.2, -0.15) is 0 Å². The van der Waals surface area contributed by atoms with Crippen molar-refractivity contribution in [3.05, 3.63) is 16.6 Å². The van der Waals surface area contributed by atoms with E-state index < -0.39 is 0 Å². The van der Waals surface area contributed by atoms with Crippen molar-refractivity contribution in [2.45, 2.75) is 37.3 Å². The van der Waals surface area contributed by atoms with E-state index in [-0.39, 0.29) is 5.54 Å². The van der Waals surface area contributed by atoms with E-state index in [2.05, 4.69) is 10.3 Å². The second kappa shape index (κ2) is 6.61. The highest BCUT2D eigenvalue weighted by Gasteiger charge is 2.39. The minimum absolute atomic E-state index is 0.0222. The Morgan fingerprint density at radius 3 is 3.11 bits per heavy atom. The van der Waals surface area contributed by atoms with E-state index in [0.717, 1.165) is 32.4 Å². The standard InChI is InChI=1S/C13H22N2O2S/c1-16-8-6-15-13(12-14-7-9-18-12)5-3-4-11(10-13)17-2/h7,9,11,15H,3-6,8,10H2,1-2H3. The fraction of sp³-hybridized carbons (Fsp3) is 0.769. The molecule has 0 amide bonds. The van der Waals surface area contributed by atoms with E-state index in [1.807, 2.05) is 11.6 Å². The molecule has 5 heteroatoms. The van der Waals surface area contributed by atoms with Gasteiger partial charge in [-0.3, -0.25) is 0 Å². The molecule has 2 unspecified atom stereocenters. The Balaban J connectivity index is 2.11. The lowest BCUT2D eigenvalue weighted by Crippen LogP contribution is -2.48. The molecule has 4 nitrogen and oxygen atoms in total. The molecular formula is C13H22N2O2S. The monoisotopic (exact) mass is 270 g/mol. The van der Waals surface area contributed by atoms with Crippen LogP contribution in [0.2, 0.25) is 0 Å². The average molecular weight is 270 g/mol. The second-order valence-corrected chi connectivity index (χ2v) is 5.69. The number of aromatic nitrogens is 1. The number of nitrogens with zero attached hydrogens (tertiary/aromatic N) is 1. The van der Waals surface area contributed by atoms with Gasteiger partial charge < -0.3 is 14.8 Å². The molecule has 0 aromatic carbocycles. The second-order valence-electron chi connectivity index (χ2n) is 4.79. The maximum Gasteiger partial charge on any atom is 0.113 e. The van der Waals surface area contributed by atoms with Gasteiger partial charge in [0.05, 0.1) is 18.2 Å². The van der Waals surface area contributed by atoms with Gasteiger partial charge in [-0.15, -0.1) is 11.3 Å². The van der Waals surface area contributed by atoms with Crippen LogP contribution >= 0.6 is 11.3 Å². The summed E-state index contributed by atoms with van der Waals surface area (Å²) in [4.78, 5) is 4.52. The van der Waals surface area contributed by atoms with Crippen LogP contribution in [-0.4, -0.2) is 38.5 Å². The van der Waals surface area contributed by atoms with E-state index in [1.54, 1.807) is 25.6 Å². The Morgan fingerprint density at radius 2 is 2.44 bits per heavy atom. The normalized spacial score (nSPS) is 28.4. The van der Waals surface area contributed by atoms with Gasteiger partial charge in [0.1, 0.15) is 5.01 Å². The number of methoxy groups -OCH3 is 2. The minimum atomic E-state index is -0.0222. The third-order valence-electron chi connectivity index (χ3n) is 3.65. The molecule has 1 N–H and O–H groups in total. The molecule has 1 aliphatic rings. The lowest BCUT2D eigenvalue weighted by molar-refractivity contribution is 0.0269. The highest BCUT2D eigenvalue weighted by Crippen LogP contribution is 2.38. The van der Waals surface area contributed by atoms with Crippen LogP contribution in [0.5, 0.6) is 0 Å². The van der Waals surface area contributed by atoms with Gasteiger partial charge in [-0.1, -0.05) is 0 Å². The summed E-state index contributed by atoms with van der Waals surface area (Å²) in [6, 6.07) is 0. The first-order valence-electron chi connectivity index (χ1n) is 6.47. The largest absolute Gasteiger partial charge is 0.383 e. The molecule has 2 rings (SSSR count). The van der Waals surface area contributed by atoms with Crippen molar-refractivity contribution >= 4 is 11.3 Å². The van der Waals surface area contributed by atoms with E-state index in [4.69, 9.17) is 9.47 Å². The lowest BCUT2D eigenvalue weighted by Gasteiger charge is -2.40. The van der Waals surface area contributed by atoms with Crippen LogP contribution in [0.3, 0.4) is 0 Å². The third kappa shape index (κ3) is 3.09. The van der Waals surface area contributed by atoms with Crippen molar-refractivity contribution in [2.24, 2.45) is 0 Å². The van der Waals surface area contributed by atoms with Gasteiger partial charge in [-0.25, -0.2) is 4.98 Å². The van der Waals surface area contributed by atoms with E-state index in [1.165, 1.54) is 11.4 Å². The topological polar surface area (TPSA) is 43.4 Å². The van der Waals surface area contributed by atoms with Gasteiger partial charge in [0.25, 0.3) is 0 Å². The molecule has 0 saturated heterocycles. The first-order chi connectivity index (χ1) is 8.80. The van der Waals surface area contributed by atoms with Crippen molar-refractivity contribution in [1.29, 1.82) is 0 Å². The van der Waals surface area contributed by atoms with Crippen molar-refractivity contribution in [2.75, 3.05) is 27.4 Å². The van der Waals surface area contributed by atoms with Crippen LogP contribution in [-0.2, 0) is 15.0 Å². The highest BCUT2D eigenvalue weighted by atomic mass is 32.1. The summed E-state index contributed by atoms with van der Waals surface area (Å²) >= 11 is 1.73. The van der Waals surface area contributed by atoms with Crippen molar-refractivity contribution in [3.8, 4) is 0 Å². The summed E-state index contributed by atoms with van der Waals surface area (Å²) in [5.74, 6) is 0. The molecule has 1 aliphatic carbocycles. The molecule has 0 bridgehead atoms.